The normalized spacial score (nSPS) is 17.9. The van der Waals surface area contributed by atoms with E-state index in [9.17, 15) is 4.79 Å². The molecule has 1 aliphatic heterocycles. The molecule has 4 heterocycles. The van der Waals surface area contributed by atoms with Crippen molar-refractivity contribution in [2.24, 2.45) is 0 Å². The van der Waals surface area contributed by atoms with Gasteiger partial charge in [0.2, 0.25) is 17.8 Å². The molecule has 11 heteroatoms. The SMILES string of the molecule is CC(C)c1cc(Nc2nc(N3CCC[C@H]3C(=O)Nc3ncn[nH]3)nc3c2CCC3)n[nH]1. The van der Waals surface area contributed by atoms with Gasteiger partial charge in [-0.2, -0.15) is 20.2 Å². The van der Waals surface area contributed by atoms with Crippen LogP contribution in [0.1, 0.15) is 56.0 Å². The van der Waals surface area contributed by atoms with E-state index in [1.807, 2.05) is 11.0 Å². The van der Waals surface area contributed by atoms with Gasteiger partial charge < -0.3 is 10.2 Å². The number of carbonyl (C=O) groups excluding carboxylic acids is 1. The summed E-state index contributed by atoms with van der Waals surface area (Å²) in [5.74, 6) is 2.67. The van der Waals surface area contributed by atoms with Crippen LogP contribution < -0.4 is 15.5 Å². The topological polar surface area (TPSA) is 140 Å². The van der Waals surface area contributed by atoms with Crippen molar-refractivity contribution < 1.29 is 4.79 Å². The average Bonchev–Trinajstić information content (AvgIpc) is 3.53. The van der Waals surface area contributed by atoms with E-state index in [1.54, 1.807) is 0 Å². The number of aromatic amines is 2. The van der Waals surface area contributed by atoms with Crippen LogP contribution in [0.15, 0.2) is 12.4 Å². The molecule has 0 saturated carbocycles. The molecule has 0 unspecified atom stereocenters. The van der Waals surface area contributed by atoms with Crippen LogP contribution >= 0.6 is 0 Å². The highest BCUT2D eigenvalue weighted by Crippen LogP contribution is 2.32. The monoisotopic (exact) mass is 422 g/mol. The van der Waals surface area contributed by atoms with Crippen molar-refractivity contribution in [2.75, 3.05) is 22.1 Å². The van der Waals surface area contributed by atoms with Crippen LogP contribution in [0.5, 0.6) is 0 Å². The first-order valence-electron chi connectivity index (χ1n) is 10.7. The third kappa shape index (κ3) is 3.82. The van der Waals surface area contributed by atoms with E-state index in [1.165, 1.54) is 6.33 Å². The highest BCUT2D eigenvalue weighted by Gasteiger charge is 2.34. The Morgan fingerprint density at radius 1 is 1.23 bits per heavy atom. The number of amides is 1. The lowest BCUT2D eigenvalue weighted by molar-refractivity contribution is -0.117. The van der Waals surface area contributed by atoms with E-state index in [4.69, 9.17) is 9.97 Å². The van der Waals surface area contributed by atoms with Gasteiger partial charge in [-0.05, 0) is 38.0 Å². The molecule has 1 aliphatic carbocycles. The van der Waals surface area contributed by atoms with E-state index >= 15 is 0 Å². The minimum Gasteiger partial charge on any atom is -0.329 e. The van der Waals surface area contributed by atoms with Gasteiger partial charge in [0, 0.05) is 23.9 Å². The Morgan fingerprint density at radius 2 is 2.13 bits per heavy atom. The number of rotatable bonds is 6. The number of nitrogens with zero attached hydrogens (tertiary/aromatic N) is 6. The van der Waals surface area contributed by atoms with Crippen LogP contribution in [-0.4, -0.2) is 53.8 Å². The maximum absolute atomic E-state index is 12.8. The molecule has 0 spiro atoms. The first-order valence-corrected chi connectivity index (χ1v) is 10.7. The highest BCUT2D eigenvalue weighted by atomic mass is 16.2. The van der Waals surface area contributed by atoms with Crippen LogP contribution in [0.4, 0.5) is 23.5 Å². The Balaban J connectivity index is 1.42. The molecule has 0 aromatic carbocycles. The summed E-state index contributed by atoms with van der Waals surface area (Å²) in [6.07, 6.45) is 5.91. The Labute approximate surface area is 179 Å². The van der Waals surface area contributed by atoms with Crippen molar-refractivity contribution in [1.82, 2.24) is 35.3 Å². The van der Waals surface area contributed by atoms with Crippen LogP contribution in [0, 0.1) is 0 Å². The Hall–Kier alpha value is -3.50. The van der Waals surface area contributed by atoms with Gasteiger partial charge in [-0.25, -0.2) is 10.1 Å². The zero-order valence-corrected chi connectivity index (χ0v) is 17.6. The zero-order valence-electron chi connectivity index (χ0n) is 17.6. The lowest BCUT2D eigenvalue weighted by Gasteiger charge is -2.24. The van der Waals surface area contributed by atoms with Crippen LogP contribution in [-0.2, 0) is 17.6 Å². The maximum atomic E-state index is 12.8. The predicted molar refractivity (Wildman–Crippen MR) is 115 cm³/mol. The molecule has 3 aromatic rings. The highest BCUT2D eigenvalue weighted by molar-refractivity contribution is 5.95. The molecule has 1 atom stereocenters. The van der Waals surface area contributed by atoms with Crippen molar-refractivity contribution in [1.29, 1.82) is 0 Å². The van der Waals surface area contributed by atoms with Crippen molar-refractivity contribution in [3.05, 3.63) is 29.3 Å². The maximum Gasteiger partial charge on any atom is 0.249 e. The smallest absolute Gasteiger partial charge is 0.249 e. The Kier molecular flexibility index (Phi) is 5.00. The van der Waals surface area contributed by atoms with Crippen molar-refractivity contribution in [3.8, 4) is 0 Å². The summed E-state index contributed by atoms with van der Waals surface area (Å²) in [5, 5.41) is 20.1. The molecule has 0 radical (unpaired) electrons. The molecule has 4 N–H and O–H groups in total. The van der Waals surface area contributed by atoms with Crippen LogP contribution in [0.3, 0.4) is 0 Å². The first kappa shape index (κ1) is 19.5. The van der Waals surface area contributed by atoms with Crippen LogP contribution in [0.2, 0.25) is 0 Å². The van der Waals surface area contributed by atoms with Crippen molar-refractivity contribution in [3.63, 3.8) is 0 Å². The number of fused-ring (bicyclic) bond motifs is 1. The second-order valence-electron chi connectivity index (χ2n) is 8.31. The number of nitrogens with one attached hydrogen (secondary N) is 4. The second kappa shape index (κ2) is 7.97. The second-order valence-corrected chi connectivity index (χ2v) is 8.31. The summed E-state index contributed by atoms with van der Waals surface area (Å²) in [6.45, 7) is 4.97. The van der Waals surface area contributed by atoms with Gasteiger partial charge >= 0.3 is 0 Å². The summed E-state index contributed by atoms with van der Waals surface area (Å²) in [5.41, 5.74) is 3.25. The molecule has 11 nitrogen and oxygen atoms in total. The molecule has 31 heavy (non-hydrogen) atoms. The third-order valence-corrected chi connectivity index (χ3v) is 5.86. The fourth-order valence-electron chi connectivity index (χ4n) is 4.21. The molecule has 162 valence electrons. The molecule has 1 fully saturated rings. The van der Waals surface area contributed by atoms with Gasteiger partial charge in [0.1, 0.15) is 18.2 Å². The van der Waals surface area contributed by atoms with Crippen LogP contribution in [0.25, 0.3) is 0 Å². The summed E-state index contributed by atoms with van der Waals surface area (Å²) in [4.78, 5) is 28.5. The fraction of sp³-hybridized carbons (Fsp3) is 0.500. The number of aromatic nitrogens is 7. The van der Waals surface area contributed by atoms with E-state index < -0.39 is 0 Å². The van der Waals surface area contributed by atoms with Gasteiger partial charge in [0.15, 0.2) is 5.82 Å². The minimum atomic E-state index is -0.352. The number of H-pyrrole nitrogens is 2. The lowest BCUT2D eigenvalue weighted by Crippen LogP contribution is -2.41. The first-order chi connectivity index (χ1) is 15.1. The van der Waals surface area contributed by atoms with E-state index in [0.29, 0.717) is 17.8 Å². The molecule has 3 aromatic heterocycles. The van der Waals surface area contributed by atoms with Gasteiger partial charge in [0.05, 0.1) is 5.69 Å². The van der Waals surface area contributed by atoms with Gasteiger partial charge in [0.25, 0.3) is 0 Å². The zero-order chi connectivity index (χ0) is 21.4. The summed E-state index contributed by atoms with van der Waals surface area (Å²) < 4.78 is 0. The van der Waals surface area contributed by atoms with Gasteiger partial charge in [-0.3, -0.25) is 15.2 Å². The largest absolute Gasteiger partial charge is 0.329 e. The summed E-state index contributed by atoms with van der Waals surface area (Å²) >= 11 is 0. The van der Waals surface area contributed by atoms with Crippen molar-refractivity contribution >= 4 is 29.4 Å². The van der Waals surface area contributed by atoms with Gasteiger partial charge in [-0.1, -0.05) is 13.8 Å². The Morgan fingerprint density at radius 3 is 2.90 bits per heavy atom. The molecule has 1 amide bonds. The fourth-order valence-corrected chi connectivity index (χ4v) is 4.21. The quantitative estimate of drug-likeness (QED) is 0.474. The number of hydrogen-bond acceptors (Lipinski definition) is 8. The molecular formula is C20H26N10O. The molecule has 1 saturated heterocycles. The number of anilines is 4. The van der Waals surface area contributed by atoms with E-state index in [0.717, 1.165) is 67.2 Å². The van der Waals surface area contributed by atoms with Gasteiger partial charge in [-0.15, -0.1) is 0 Å². The average molecular weight is 422 g/mol. The molecular weight excluding hydrogens is 396 g/mol. The number of carbonyl (C=O) groups is 1. The Bertz CT molecular complexity index is 1070. The molecule has 2 aliphatic rings. The lowest BCUT2D eigenvalue weighted by atomic mass is 10.1. The van der Waals surface area contributed by atoms with E-state index in [2.05, 4.69) is 49.9 Å². The molecule has 0 bridgehead atoms. The number of hydrogen-bond donors (Lipinski definition) is 4. The van der Waals surface area contributed by atoms with Crippen molar-refractivity contribution in [2.45, 2.75) is 57.9 Å². The van der Waals surface area contributed by atoms with E-state index in [-0.39, 0.29) is 11.9 Å². The number of aryl methyl sites for hydroxylation is 1. The third-order valence-electron chi connectivity index (χ3n) is 5.86. The summed E-state index contributed by atoms with van der Waals surface area (Å²) in [7, 11) is 0. The molecule has 5 rings (SSSR count). The standard InChI is InChI=1S/C20H26N10O/c1-11(2)14-9-16(28-27-14)24-17-12-5-3-6-13(12)23-20(25-17)30-8-4-7-15(30)18(31)26-19-21-10-22-29-19/h9-11,15H,3-8H2,1-2H3,(H2,21,22,26,29,31)(H2,23,24,25,27,28)/t15-/m0/s1. The minimum absolute atomic E-state index is 0.137. The predicted octanol–water partition coefficient (Wildman–Crippen LogP) is 2.28. The summed E-state index contributed by atoms with van der Waals surface area (Å²) in [6, 6.07) is 1.66.